The van der Waals surface area contributed by atoms with Crippen LogP contribution in [-0.2, 0) is 6.42 Å². The summed E-state index contributed by atoms with van der Waals surface area (Å²) in [5.74, 6) is 0.697. The van der Waals surface area contributed by atoms with Gasteiger partial charge in [-0.3, -0.25) is 4.57 Å². The minimum absolute atomic E-state index is 0.697. The second-order valence-electron chi connectivity index (χ2n) is 5.77. The molecule has 0 aliphatic rings. The van der Waals surface area contributed by atoms with E-state index in [-0.39, 0.29) is 0 Å². The van der Waals surface area contributed by atoms with Crippen molar-refractivity contribution in [1.82, 2.24) is 14.5 Å². The molecule has 4 heteroatoms. The molecular weight excluding hydrogens is 362 g/mol. The standard InChI is InChI=1S/C20H16BrN3/c1-14-7-2-3-8-15(14)13-18-19(21)16-9-4-5-10-17(16)24(18)20-22-11-6-12-23-20/h2-12H,13H2,1H3. The lowest BCUT2D eigenvalue weighted by molar-refractivity contribution is 0.892. The van der Waals surface area contributed by atoms with Gasteiger partial charge in [0.2, 0.25) is 5.95 Å². The summed E-state index contributed by atoms with van der Waals surface area (Å²) in [6.07, 6.45) is 4.38. The van der Waals surface area contributed by atoms with E-state index < -0.39 is 0 Å². The Hall–Kier alpha value is -2.46. The third kappa shape index (κ3) is 2.53. The van der Waals surface area contributed by atoms with Gasteiger partial charge in [0.25, 0.3) is 0 Å². The van der Waals surface area contributed by atoms with Gasteiger partial charge in [0, 0.05) is 34.4 Å². The summed E-state index contributed by atoms with van der Waals surface area (Å²) in [5, 5.41) is 1.17. The highest BCUT2D eigenvalue weighted by Crippen LogP contribution is 2.34. The van der Waals surface area contributed by atoms with Crippen LogP contribution in [0.1, 0.15) is 16.8 Å². The molecule has 4 rings (SSSR count). The first-order valence-corrected chi connectivity index (χ1v) is 8.64. The van der Waals surface area contributed by atoms with Crippen molar-refractivity contribution >= 4 is 26.8 Å². The van der Waals surface area contributed by atoms with Gasteiger partial charge < -0.3 is 0 Å². The number of nitrogens with zero attached hydrogens (tertiary/aromatic N) is 3. The smallest absolute Gasteiger partial charge is 0.234 e. The van der Waals surface area contributed by atoms with E-state index in [1.54, 1.807) is 12.4 Å². The van der Waals surface area contributed by atoms with Crippen LogP contribution in [-0.4, -0.2) is 14.5 Å². The molecule has 0 saturated heterocycles. The fraction of sp³-hybridized carbons (Fsp3) is 0.100. The highest BCUT2D eigenvalue weighted by atomic mass is 79.9. The van der Waals surface area contributed by atoms with E-state index in [0.29, 0.717) is 5.95 Å². The van der Waals surface area contributed by atoms with Crippen molar-refractivity contribution in [2.45, 2.75) is 13.3 Å². The molecule has 0 radical (unpaired) electrons. The topological polar surface area (TPSA) is 30.7 Å². The molecule has 0 N–H and O–H groups in total. The Kier molecular flexibility index (Phi) is 3.90. The molecule has 0 amide bonds. The molecule has 0 saturated carbocycles. The van der Waals surface area contributed by atoms with Gasteiger partial charge in [-0.25, -0.2) is 9.97 Å². The van der Waals surface area contributed by atoms with Crippen LogP contribution in [0.3, 0.4) is 0 Å². The molecule has 0 aliphatic carbocycles. The molecule has 2 aromatic carbocycles. The first-order chi connectivity index (χ1) is 11.8. The minimum Gasteiger partial charge on any atom is -0.281 e. The summed E-state index contributed by atoms with van der Waals surface area (Å²) in [6.45, 7) is 2.15. The maximum absolute atomic E-state index is 4.47. The van der Waals surface area contributed by atoms with Gasteiger partial charge >= 0.3 is 0 Å². The van der Waals surface area contributed by atoms with Crippen LogP contribution in [0, 0.1) is 6.92 Å². The second kappa shape index (κ2) is 6.21. The summed E-state index contributed by atoms with van der Waals surface area (Å²) in [5.41, 5.74) is 4.87. The third-order valence-corrected chi connectivity index (χ3v) is 5.16. The van der Waals surface area contributed by atoms with E-state index in [1.807, 2.05) is 12.1 Å². The molecule has 0 spiro atoms. The molecule has 0 unspecified atom stereocenters. The Labute approximate surface area is 149 Å². The van der Waals surface area contributed by atoms with Crippen LogP contribution in [0.2, 0.25) is 0 Å². The molecule has 118 valence electrons. The van der Waals surface area contributed by atoms with Crippen LogP contribution in [0.25, 0.3) is 16.9 Å². The van der Waals surface area contributed by atoms with Gasteiger partial charge in [-0.15, -0.1) is 0 Å². The molecule has 0 aliphatic heterocycles. The Bertz CT molecular complexity index is 1010. The summed E-state index contributed by atoms with van der Waals surface area (Å²) in [4.78, 5) is 8.94. The van der Waals surface area contributed by atoms with E-state index >= 15 is 0 Å². The summed E-state index contributed by atoms with van der Waals surface area (Å²) < 4.78 is 3.25. The monoisotopic (exact) mass is 377 g/mol. The first kappa shape index (κ1) is 15.1. The number of para-hydroxylation sites is 1. The van der Waals surface area contributed by atoms with Gasteiger partial charge in [0.05, 0.1) is 5.52 Å². The van der Waals surface area contributed by atoms with E-state index in [1.165, 1.54) is 16.5 Å². The average Bonchev–Trinajstić information content (AvgIpc) is 2.90. The van der Waals surface area contributed by atoms with Crippen molar-refractivity contribution in [1.29, 1.82) is 0 Å². The first-order valence-electron chi connectivity index (χ1n) is 7.85. The maximum atomic E-state index is 4.47. The van der Waals surface area contributed by atoms with Gasteiger partial charge in [0.1, 0.15) is 0 Å². The molecule has 2 aromatic heterocycles. The summed E-state index contributed by atoms with van der Waals surface area (Å²) in [7, 11) is 0. The Morgan fingerprint density at radius 2 is 1.62 bits per heavy atom. The molecule has 2 heterocycles. The van der Waals surface area contributed by atoms with Crippen molar-refractivity contribution in [3.05, 3.63) is 88.3 Å². The van der Waals surface area contributed by atoms with Crippen LogP contribution in [0.4, 0.5) is 0 Å². The predicted octanol–water partition coefficient (Wildman–Crippen LogP) is 5.08. The molecule has 24 heavy (non-hydrogen) atoms. The van der Waals surface area contributed by atoms with Gasteiger partial charge in [0.15, 0.2) is 0 Å². The average molecular weight is 378 g/mol. The number of benzene rings is 2. The number of hydrogen-bond acceptors (Lipinski definition) is 2. The van der Waals surface area contributed by atoms with Gasteiger partial charge in [-0.1, -0.05) is 42.5 Å². The molecule has 0 fully saturated rings. The van der Waals surface area contributed by atoms with Crippen molar-refractivity contribution in [3.8, 4) is 5.95 Å². The zero-order valence-electron chi connectivity index (χ0n) is 13.3. The van der Waals surface area contributed by atoms with Crippen LogP contribution in [0.15, 0.2) is 71.5 Å². The van der Waals surface area contributed by atoms with Crippen molar-refractivity contribution in [2.75, 3.05) is 0 Å². The highest BCUT2D eigenvalue weighted by molar-refractivity contribution is 9.10. The van der Waals surface area contributed by atoms with Crippen molar-refractivity contribution in [2.24, 2.45) is 0 Å². The number of halogens is 1. The van der Waals surface area contributed by atoms with Gasteiger partial charge in [-0.05, 0) is 46.1 Å². The third-order valence-electron chi connectivity index (χ3n) is 4.28. The predicted molar refractivity (Wildman–Crippen MR) is 101 cm³/mol. The molecular formula is C20H16BrN3. The molecule has 4 aromatic rings. The number of aryl methyl sites for hydroxylation is 1. The second-order valence-corrected chi connectivity index (χ2v) is 6.56. The zero-order valence-corrected chi connectivity index (χ0v) is 14.9. The van der Waals surface area contributed by atoms with Gasteiger partial charge in [-0.2, -0.15) is 0 Å². The number of fused-ring (bicyclic) bond motifs is 1. The normalized spacial score (nSPS) is 11.1. The maximum Gasteiger partial charge on any atom is 0.234 e. The van der Waals surface area contributed by atoms with E-state index in [2.05, 4.69) is 79.9 Å². The van der Waals surface area contributed by atoms with Crippen LogP contribution in [0.5, 0.6) is 0 Å². The lowest BCUT2D eigenvalue weighted by Gasteiger charge is -2.11. The van der Waals surface area contributed by atoms with Crippen LogP contribution < -0.4 is 0 Å². The Balaban J connectivity index is 1.97. The largest absolute Gasteiger partial charge is 0.281 e. The van der Waals surface area contributed by atoms with E-state index in [9.17, 15) is 0 Å². The lowest BCUT2D eigenvalue weighted by Crippen LogP contribution is -2.06. The minimum atomic E-state index is 0.697. The Morgan fingerprint density at radius 3 is 2.42 bits per heavy atom. The number of aromatic nitrogens is 3. The zero-order chi connectivity index (χ0) is 16.5. The lowest BCUT2D eigenvalue weighted by atomic mass is 10.0. The van der Waals surface area contributed by atoms with E-state index in [0.717, 1.165) is 22.1 Å². The fourth-order valence-corrected chi connectivity index (χ4v) is 3.69. The molecule has 0 bridgehead atoms. The number of rotatable bonds is 3. The van der Waals surface area contributed by atoms with Crippen molar-refractivity contribution < 1.29 is 0 Å². The van der Waals surface area contributed by atoms with Crippen LogP contribution >= 0.6 is 15.9 Å². The number of hydrogen-bond donors (Lipinski definition) is 0. The summed E-state index contributed by atoms with van der Waals surface area (Å²) in [6, 6.07) is 18.7. The quantitative estimate of drug-likeness (QED) is 0.498. The fourth-order valence-electron chi connectivity index (χ4n) is 3.03. The SMILES string of the molecule is Cc1ccccc1Cc1c(Br)c2ccccc2n1-c1ncccn1. The highest BCUT2D eigenvalue weighted by Gasteiger charge is 2.18. The summed E-state index contributed by atoms with van der Waals surface area (Å²) >= 11 is 3.81. The Morgan fingerprint density at radius 1 is 0.917 bits per heavy atom. The molecule has 3 nitrogen and oxygen atoms in total. The van der Waals surface area contributed by atoms with E-state index in [4.69, 9.17) is 0 Å². The van der Waals surface area contributed by atoms with Crippen molar-refractivity contribution in [3.63, 3.8) is 0 Å². The molecule has 0 atom stereocenters.